The van der Waals surface area contributed by atoms with Crippen LogP contribution in [0.2, 0.25) is 0 Å². The smallest absolute Gasteiger partial charge is 0.180 e. The third-order valence-corrected chi connectivity index (χ3v) is 1.26. The maximum atomic E-state index is 8.80. The molecule has 5 N–H and O–H groups in total. The molecule has 0 aliphatic carbocycles. The van der Waals surface area contributed by atoms with Crippen LogP contribution in [0.1, 0.15) is 12.8 Å². The molecule has 0 amide bonds. The van der Waals surface area contributed by atoms with E-state index in [0.717, 1.165) is 12.8 Å². The topological polar surface area (TPSA) is 99.6 Å². The van der Waals surface area contributed by atoms with Crippen LogP contribution in [0, 0.1) is 5.41 Å². The number of nitrogens with two attached hydrogens (primary N) is 1. The first-order valence-corrected chi connectivity index (χ1v) is 3.40. The van der Waals surface area contributed by atoms with Gasteiger partial charge in [-0.05, 0) is 12.8 Å². The van der Waals surface area contributed by atoms with Crippen molar-refractivity contribution in [3.8, 4) is 0 Å². The van der Waals surface area contributed by atoms with E-state index in [1.165, 1.54) is 0 Å². The van der Waals surface area contributed by atoms with Gasteiger partial charge in [-0.2, -0.15) is 0 Å². The van der Waals surface area contributed by atoms with Crippen molar-refractivity contribution < 1.29 is 14.9 Å². The Labute approximate surface area is 65.3 Å². The summed E-state index contributed by atoms with van der Waals surface area (Å²) in [6.07, 6.45) is 0.645. The van der Waals surface area contributed by atoms with E-state index < -0.39 is 12.4 Å². The summed E-state index contributed by atoms with van der Waals surface area (Å²) in [7, 11) is 0. The molecule has 0 aromatic carbocycles. The molecular weight excluding hydrogens is 148 g/mol. The molecule has 2 unspecified atom stereocenters. The van der Waals surface area contributed by atoms with E-state index in [1.54, 1.807) is 0 Å². The minimum absolute atomic E-state index is 0.568. The third-order valence-electron chi connectivity index (χ3n) is 1.26. The highest BCUT2D eigenvalue weighted by Crippen LogP contribution is 2.10. The van der Waals surface area contributed by atoms with Crippen molar-refractivity contribution >= 4 is 6.34 Å². The van der Waals surface area contributed by atoms with Gasteiger partial charge in [0.25, 0.3) is 0 Å². The lowest BCUT2D eigenvalue weighted by Crippen LogP contribution is -2.33. The summed E-state index contributed by atoms with van der Waals surface area (Å²) < 4.78 is 4.70. The molecule has 66 valence electrons. The van der Waals surface area contributed by atoms with Gasteiger partial charge in [0, 0.05) is 6.61 Å². The molecule has 0 aromatic rings. The Hall–Kier alpha value is -0.650. The summed E-state index contributed by atoms with van der Waals surface area (Å²) >= 11 is 0. The summed E-state index contributed by atoms with van der Waals surface area (Å²) in [5, 5.41) is 23.4. The summed E-state index contributed by atoms with van der Waals surface area (Å²) in [5.41, 5.74) is 4.39. The molecule has 1 saturated heterocycles. The second kappa shape index (κ2) is 6.09. The zero-order valence-corrected chi connectivity index (χ0v) is 6.23. The van der Waals surface area contributed by atoms with Gasteiger partial charge in [-0.3, -0.25) is 5.41 Å². The van der Waals surface area contributed by atoms with Crippen molar-refractivity contribution in [2.45, 2.75) is 25.2 Å². The Morgan fingerprint density at radius 2 is 2.09 bits per heavy atom. The van der Waals surface area contributed by atoms with Gasteiger partial charge in [-0.25, -0.2) is 0 Å². The second-order valence-corrected chi connectivity index (χ2v) is 2.14. The van der Waals surface area contributed by atoms with Crippen LogP contribution in [-0.4, -0.2) is 35.6 Å². The maximum Gasteiger partial charge on any atom is 0.180 e. The first-order chi connectivity index (χ1) is 5.22. The van der Waals surface area contributed by atoms with E-state index in [4.69, 9.17) is 20.4 Å². The molecule has 11 heavy (non-hydrogen) atoms. The number of aliphatic hydroxyl groups is 2. The molecule has 2 atom stereocenters. The zero-order chi connectivity index (χ0) is 8.69. The molecule has 0 radical (unpaired) electrons. The molecule has 0 aromatic heterocycles. The third kappa shape index (κ3) is 4.72. The average Bonchev–Trinajstić information content (AvgIpc) is 1.97. The van der Waals surface area contributed by atoms with Gasteiger partial charge in [0.05, 0.1) is 6.34 Å². The molecule has 5 heteroatoms. The van der Waals surface area contributed by atoms with Crippen LogP contribution < -0.4 is 5.73 Å². The van der Waals surface area contributed by atoms with E-state index in [9.17, 15) is 0 Å². The number of aliphatic hydroxyl groups excluding tert-OH is 2. The summed E-state index contributed by atoms with van der Waals surface area (Å²) in [6.45, 7) is 0.568. The molecule has 1 aliphatic heterocycles. The van der Waals surface area contributed by atoms with Crippen LogP contribution in [-0.2, 0) is 4.74 Å². The van der Waals surface area contributed by atoms with Crippen molar-refractivity contribution in [2.75, 3.05) is 6.61 Å². The van der Waals surface area contributed by atoms with E-state index in [0.29, 0.717) is 13.0 Å². The van der Waals surface area contributed by atoms with Gasteiger partial charge < -0.3 is 20.7 Å². The number of hydrogen-bond acceptors (Lipinski definition) is 4. The Morgan fingerprint density at radius 3 is 2.36 bits per heavy atom. The summed E-state index contributed by atoms with van der Waals surface area (Å²) in [4.78, 5) is 0. The minimum Gasteiger partial charge on any atom is -0.390 e. The van der Waals surface area contributed by atoms with Crippen LogP contribution >= 0.6 is 0 Å². The maximum absolute atomic E-state index is 8.80. The molecule has 0 bridgehead atoms. The molecule has 5 nitrogen and oxygen atoms in total. The number of hydrogen-bond donors (Lipinski definition) is 4. The van der Waals surface area contributed by atoms with Gasteiger partial charge in [0.1, 0.15) is 6.10 Å². The predicted molar refractivity (Wildman–Crippen MR) is 40.2 cm³/mol. The van der Waals surface area contributed by atoms with E-state index in [2.05, 4.69) is 5.73 Å². The second-order valence-electron chi connectivity index (χ2n) is 2.14. The minimum atomic E-state index is -0.941. The van der Waals surface area contributed by atoms with Crippen LogP contribution in [0.15, 0.2) is 0 Å². The van der Waals surface area contributed by atoms with Crippen LogP contribution in [0.25, 0.3) is 0 Å². The SMILES string of the molecule is N=CN.OC1CCCOC1O. The summed E-state index contributed by atoms with van der Waals surface area (Å²) in [6, 6.07) is 0. The quantitative estimate of drug-likeness (QED) is 0.272. The highest BCUT2D eigenvalue weighted by Gasteiger charge is 2.20. The van der Waals surface area contributed by atoms with Gasteiger partial charge in [0.15, 0.2) is 6.29 Å². The highest BCUT2D eigenvalue weighted by molar-refractivity contribution is 5.46. The Kier molecular flexibility index (Phi) is 5.73. The van der Waals surface area contributed by atoms with Crippen molar-refractivity contribution in [2.24, 2.45) is 5.73 Å². The molecule has 1 aliphatic rings. The first-order valence-electron chi connectivity index (χ1n) is 3.40. The fourth-order valence-electron chi connectivity index (χ4n) is 0.750. The lowest BCUT2D eigenvalue weighted by Gasteiger charge is -2.22. The van der Waals surface area contributed by atoms with Gasteiger partial charge in [-0.15, -0.1) is 0 Å². The van der Waals surface area contributed by atoms with E-state index in [1.807, 2.05) is 0 Å². The standard InChI is InChI=1S/C5H10O3.CH4N2/c6-4-2-1-3-8-5(4)7;2-1-3/h4-7H,1-3H2;1H,(H3,2,3). The van der Waals surface area contributed by atoms with E-state index in [-0.39, 0.29) is 0 Å². The highest BCUT2D eigenvalue weighted by atomic mass is 16.6. The van der Waals surface area contributed by atoms with E-state index >= 15 is 0 Å². The van der Waals surface area contributed by atoms with Crippen molar-refractivity contribution in [3.63, 3.8) is 0 Å². The average molecular weight is 162 g/mol. The van der Waals surface area contributed by atoms with Crippen LogP contribution in [0.4, 0.5) is 0 Å². The zero-order valence-electron chi connectivity index (χ0n) is 6.23. The van der Waals surface area contributed by atoms with Crippen LogP contribution in [0.5, 0.6) is 0 Å². The number of rotatable bonds is 0. The van der Waals surface area contributed by atoms with Gasteiger partial charge in [0.2, 0.25) is 0 Å². The first kappa shape index (κ1) is 10.3. The fourth-order valence-corrected chi connectivity index (χ4v) is 0.750. The molecule has 0 saturated carbocycles. The van der Waals surface area contributed by atoms with Crippen molar-refractivity contribution in [1.29, 1.82) is 5.41 Å². The Morgan fingerprint density at radius 1 is 1.55 bits per heavy atom. The van der Waals surface area contributed by atoms with Gasteiger partial charge in [-0.1, -0.05) is 0 Å². The monoisotopic (exact) mass is 162 g/mol. The van der Waals surface area contributed by atoms with Gasteiger partial charge >= 0.3 is 0 Å². The lowest BCUT2D eigenvalue weighted by molar-refractivity contribution is -0.185. The number of nitrogens with one attached hydrogen (secondary N) is 1. The molecule has 1 heterocycles. The fraction of sp³-hybridized carbons (Fsp3) is 0.833. The van der Waals surface area contributed by atoms with Crippen LogP contribution in [0.3, 0.4) is 0 Å². The lowest BCUT2D eigenvalue weighted by atomic mass is 10.1. The van der Waals surface area contributed by atoms with Crippen molar-refractivity contribution in [1.82, 2.24) is 0 Å². The molecule has 0 spiro atoms. The molecular formula is C6H14N2O3. The normalized spacial score (nSPS) is 30.0. The number of ether oxygens (including phenoxy) is 1. The Bertz CT molecular complexity index is 100. The molecule has 1 fully saturated rings. The van der Waals surface area contributed by atoms with Crippen molar-refractivity contribution in [3.05, 3.63) is 0 Å². The predicted octanol–water partition coefficient (Wildman–Crippen LogP) is -0.972. The largest absolute Gasteiger partial charge is 0.390 e. The molecule has 1 rings (SSSR count). The Balaban J connectivity index is 0.000000292. The summed E-state index contributed by atoms with van der Waals surface area (Å²) in [5.74, 6) is 0.